The molecule has 2 heterocycles. The topological polar surface area (TPSA) is 97.8 Å². The number of nitrogens with zero attached hydrogens (tertiary/aromatic N) is 3. The molecule has 1 aliphatic carbocycles. The Morgan fingerprint density at radius 3 is 2.56 bits per heavy atom. The first-order valence-electron chi connectivity index (χ1n) is 13.0. The van der Waals surface area contributed by atoms with Gasteiger partial charge in [-0.05, 0) is 56.4 Å². The Kier molecular flexibility index (Phi) is 8.73. The molecular weight excluding hydrogens is 533 g/mol. The van der Waals surface area contributed by atoms with E-state index in [1.807, 2.05) is 6.92 Å². The molecule has 0 unspecified atom stereocenters. The number of ketones is 1. The zero-order valence-electron chi connectivity index (χ0n) is 21.8. The predicted molar refractivity (Wildman–Crippen MR) is 142 cm³/mol. The van der Waals surface area contributed by atoms with Crippen LogP contribution in [0.4, 0.5) is 13.2 Å². The van der Waals surface area contributed by atoms with Crippen LogP contribution in [0.5, 0.6) is 5.88 Å². The Morgan fingerprint density at radius 2 is 1.92 bits per heavy atom. The number of aromatic nitrogens is 4. The van der Waals surface area contributed by atoms with Crippen molar-refractivity contribution in [3.63, 3.8) is 0 Å². The molecule has 1 aliphatic rings. The van der Waals surface area contributed by atoms with E-state index in [9.17, 15) is 22.8 Å². The maximum atomic E-state index is 13.8. The van der Waals surface area contributed by atoms with Crippen LogP contribution in [0.15, 0.2) is 41.3 Å². The summed E-state index contributed by atoms with van der Waals surface area (Å²) in [5.74, 6) is -0.0762. The molecule has 0 radical (unpaired) electrons. The second kappa shape index (κ2) is 11.9. The van der Waals surface area contributed by atoms with Crippen molar-refractivity contribution >= 4 is 17.4 Å². The number of Topliss-reactive ketones (excluding diaryl/α,β-unsaturated/α-hetero) is 1. The van der Waals surface area contributed by atoms with E-state index >= 15 is 0 Å². The van der Waals surface area contributed by atoms with Crippen LogP contribution >= 0.6 is 11.6 Å². The summed E-state index contributed by atoms with van der Waals surface area (Å²) in [5.41, 5.74) is -1.45. The number of halogens is 4. The summed E-state index contributed by atoms with van der Waals surface area (Å²) in [4.78, 5) is 40.4. The quantitative estimate of drug-likeness (QED) is 0.294. The van der Waals surface area contributed by atoms with E-state index in [1.54, 1.807) is 30.3 Å². The van der Waals surface area contributed by atoms with Gasteiger partial charge in [-0.25, -0.2) is 14.8 Å². The lowest BCUT2D eigenvalue weighted by molar-refractivity contribution is -0.218. The fourth-order valence-corrected chi connectivity index (χ4v) is 5.21. The van der Waals surface area contributed by atoms with Crippen molar-refractivity contribution in [1.82, 2.24) is 19.9 Å². The third-order valence-corrected chi connectivity index (χ3v) is 7.45. The molecular formula is C28H30ClF3N4O3. The number of H-pyrrole nitrogens is 1. The summed E-state index contributed by atoms with van der Waals surface area (Å²) in [5, 5.41) is 0.278. The van der Waals surface area contributed by atoms with Crippen molar-refractivity contribution in [3.05, 3.63) is 57.6 Å². The molecule has 0 aliphatic heterocycles. The Bertz CT molecular complexity index is 1370. The molecule has 4 rings (SSSR count). The minimum atomic E-state index is -4.56. The highest BCUT2D eigenvalue weighted by atomic mass is 35.5. The normalized spacial score (nSPS) is 15.7. The van der Waals surface area contributed by atoms with E-state index in [-0.39, 0.29) is 48.5 Å². The highest BCUT2D eigenvalue weighted by molar-refractivity contribution is 6.33. The number of carbonyl (C=O) groups is 1. The first-order valence-corrected chi connectivity index (χ1v) is 13.4. The fraction of sp³-hybridized carbons (Fsp3) is 0.464. The van der Waals surface area contributed by atoms with Gasteiger partial charge < -0.3 is 4.74 Å². The van der Waals surface area contributed by atoms with Crippen molar-refractivity contribution in [2.75, 3.05) is 0 Å². The minimum Gasteiger partial charge on any atom is -0.475 e. The van der Waals surface area contributed by atoms with Crippen LogP contribution in [0.25, 0.3) is 22.8 Å². The Morgan fingerprint density at radius 1 is 1.18 bits per heavy atom. The number of rotatable bonds is 10. The highest BCUT2D eigenvalue weighted by Gasteiger charge is 2.59. The molecule has 0 saturated heterocycles. The predicted octanol–water partition coefficient (Wildman–Crippen LogP) is 6.74. The average molecular weight is 563 g/mol. The lowest BCUT2D eigenvalue weighted by Crippen LogP contribution is -2.42. The zero-order chi connectivity index (χ0) is 28.2. The first kappa shape index (κ1) is 28.7. The van der Waals surface area contributed by atoms with Gasteiger partial charge in [-0.15, -0.1) is 0 Å². The molecule has 39 heavy (non-hydrogen) atoms. The molecule has 208 valence electrons. The van der Waals surface area contributed by atoms with Gasteiger partial charge in [0.25, 0.3) is 0 Å². The second-order valence-corrected chi connectivity index (χ2v) is 10.4. The molecule has 0 spiro atoms. The fourth-order valence-electron chi connectivity index (χ4n) is 5.00. The maximum Gasteiger partial charge on any atom is 0.401 e. The molecule has 1 fully saturated rings. The van der Waals surface area contributed by atoms with Crippen LogP contribution in [-0.2, 0) is 11.2 Å². The van der Waals surface area contributed by atoms with Crippen LogP contribution in [0, 0.1) is 5.41 Å². The standard InChI is InChI=1S/C28H30ClF3N4O3/c1-3-6-17(2)39-23-12-9-19(16-33-23)24-34-25(36-26(38)35-24)20-15-18(7-10-21(20)29)8-11-22(37)27(28(30,31)32)13-4-5-14-27/h7,9-10,12,15-17H,3-6,8,11,13-14H2,1-2H3,(H,34,35,36,38)/t17-/m0/s1. The Hall–Kier alpha value is -3.27. The van der Waals surface area contributed by atoms with Gasteiger partial charge in [-0.3, -0.25) is 9.78 Å². The molecule has 1 saturated carbocycles. The number of nitrogens with one attached hydrogen (secondary N) is 1. The van der Waals surface area contributed by atoms with E-state index in [1.165, 1.54) is 6.20 Å². The van der Waals surface area contributed by atoms with Crippen molar-refractivity contribution in [1.29, 1.82) is 0 Å². The molecule has 1 N–H and O–H groups in total. The Balaban J connectivity index is 1.55. The molecule has 2 aromatic heterocycles. The molecule has 7 nitrogen and oxygen atoms in total. The Labute approximate surface area is 229 Å². The van der Waals surface area contributed by atoms with Crippen LogP contribution in [-0.4, -0.2) is 38.0 Å². The third kappa shape index (κ3) is 6.49. The van der Waals surface area contributed by atoms with Crippen molar-refractivity contribution in [2.45, 2.75) is 77.5 Å². The SMILES string of the molecule is CCC[C@H](C)Oc1ccc(-c2nc(-c3cc(CCC(=O)C4(C(F)(F)F)CCCC4)ccc3Cl)[nH]c(=O)n2)cn1. The van der Waals surface area contributed by atoms with E-state index < -0.39 is 23.1 Å². The van der Waals surface area contributed by atoms with Gasteiger partial charge in [-0.1, -0.05) is 43.9 Å². The molecule has 0 amide bonds. The summed E-state index contributed by atoms with van der Waals surface area (Å²) in [6.07, 6.45) is -0.848. The van der Waals surface area contributed by atoms with Crippen molar-refractivity contribution in [3.8, 4) is 28.7 Å². The smallest absolute Gasteiger partial charge is 0.401 e. The summed E-state index contributed by atoms with van der Waals surface area (Å²) < 4.78 is 47.0. The number of aromatic amines is 1. The molecule has 1 atom stereocenters. The number of alkyl halides is 3. The van der Waals surface area contributed by atoms with Crippen LogP contribution in [0.3, 0.4) is 0 Å². The minimum absolute atomic E-state index is 0.0117. The average Bonchev–Trinajstić information content (AvgIpc) is 3.40. The van der Waals surface area contributed by atoms with Gasteiger partial charge in [0.1, 0.15) is 17.0 Å². The summed E-state index contributed by atoms with van der Waals surface area (Å²) >= 11 is 6.40. The van der Waals surface area contributed by atoms with E-state index in [2.05, 4.69) is 26.9 Å². The summed E-state index contributed by atoms with van der Waals surface area (Å²) in [6, 6.07) is 8.21. The summed E-state index contributed by atoms with van der Waals surface area (Å²) in [7, 11) is 0. The molecule has 1 aromatic carbocycles. The van der Waals surface area contributed by atoms with Crippen LogP contribution in [0.2, 0.25) is 5.02 Å². The third-order valence-electron chi connectivity index (χ3n) is 7.12. The number of pyridine rings is 1. The highest BCUT2D eigenvalue weighted by Crippen LogP contribution is 2.51. The molecule has 0 bridgehead atoms. The van der Waals surface area contributed by atoms with Gasteiger partial charge in [0.05, 0.1) is 11.1 Å². The van der Waals surface area contributed by atoms with Gasteiger partial charge in [0.2, 0.25) is 5.88 Å². The van der Waals surface area contributed by atoms with Crippen LogP contribution in [0.1, 0.15) is 64.4 Å². The largest absolute Gasteiger partial charge is 0.475 e. The molecule has 3 aromatic rings. The van der Waals surface area contributed by atoms with Gasteiger partial charge in [0.15, 0.2) is 5.82 Å². The number of hydrogen-bond donors (Lipinski definition) is 1. The van der Waals surface area contributed by atoms with Gasteiger partial charge in [-0.2, -0.15) is 18.2 Å². The van der Waals surface area contributed by atoms with Crippen LogP contribution < -0.4 is 10.4 Å². The number of aryl methyl sites for hydroxylation is 1. The number of carbonyl (C=O) groups excluding carboxylic acids is 1. The number of ether oxygens (including phenoxy) is 1. The van der Waals surface area contributed by atoms with E-state index in [4.69, 9.17) is 16.3 Å². The van der Waals surface area contributed by atoms with Crippen molar-refractivity contribution < 1.29 is 22.7 Å². The number of benzene rings is 1. The lowest BCUT2D eigenvalue weighted by Gasteiger charge is -2.30. The maximum absolute atomic E-state index is 13.8. The second-order valence-electron chi connectivity index (χ2n) is 9.95. The van der Waals surface area contributed by atoms with Crippen molar-refractivity contribution in [2.24, 2.45) is 5.41 Å². The van der Waals surface area contributed by atoms with E-state index in [0.717, 1.165) is 12.8 Å². The first-order chi connectivity index (χ1) is 18.5. The lowest BCUT2D eigenvalue weighted by atomic mass is 9.78. The van der Waals surface area contributed by atoms with Gasteiger partial charge in [0, 0.05) is 29.8 Å². The monoisotopic (exact) mass is 562 g/mol. The number of hydrogen-bond acceptors (Lipinski definition) is 6. The molecule has 11 heteroatoms. The summed E-state index contributed by atoms with van der Waals surface area (Å²) in [6.45, 7) is 4.03. The zero-order valence-corrected chi connectivity index (χ0v) is 22.5. The van der Waals surface area contributed by atoms with Gasteiger partial charge >= 0.3 is 11.9 Å². The van der Waals surface area contributed by atoms with E-state index in [0.29, 0.717) is 35.4 Å².